The van der Waals surface area contributed by atoms with Gasteiger partial charge in [0.1, 0.15) is 0 Å². The zero-order valence-electron chi connectivity index (χ0n) is 11.3. The fourth-order valence-corrected chi connectivity index (χ4v) is 2.67. The number of aromatic carboxylic acids is 1. The van der Waals surface area contributed by atoms with Crippen LogP contribution in [-0.2, 0) is 0 Å². The van der Waals surface area contributed by atoms with Gasteiger partial charge in [-0.3, -0.25) is 4.79 Å². The van der Waals surface area contributed by atoms with Crippen LogP contribution in [0.2, 0.25) is 0 Å². The van der Waals surface area contributed by atoms with E-state index in [1.54, 1.807) is 12.1 Å². The number of hydrogen-bond acceptors (Lipinski definition) is 2. The summed E-state index contributed by atoms with van der Waals surface area (Å²) in [5.74, 6) is -1.52. The number of carboxylic acid groups (broad SMARTS) is 1. The topological polar surface area (TPSA) is 66.4 Å². The van der Waals surface area contributed by atoms with Gasteiger partial charge in [-0.1, -0.05) is 46.3 Å². The summed E-state index contributed by atoms with van der Waals surface area (Å²) in [6.07, 6.45) is 0. The third kappa shape index (κ3) is 3.49. The van der Waals surface area contributed by atoms with Crippen LogP contribution in [0.25, 0.3) is 0 Å². The van der Waals surface area contributed by atoms with Crippen molar-refractivity contribution in [1.29, 1.82) is 0 Å². The van der Waals surface area contributed by atoms with Gasteiger partial charge in [-0.15, -0.1) is 0 Å². The number of carbonyl (C=O) groups excluding carboxylic acids is 1. The van der Waals surface area contributed by atoms with E-state index in [-0.39, 0.29) is 17.2 Å². The lowest BCUT2D eigenvalue weighted by Gasteiger charge is -2.16. The normalized spacial score (nSPS) is 11.7. The molecule has 108 valence electrons. The SMILES string of the molecule is C[C@@H](NC(=O)c1ccccc1C(=O)O)c1ccccc1Br. The average Bonchev–Trinajstić information content (AvgIpc) is 2.47. The van der Waals surface area contributed by atoms with Gasteiger partial charge in [-0.2, -0.15) is 0 Å². The van der Waals surface area contributed by atoms with E-state index in [4.69, 9.17) is 5.11 Å². The van der Waals surface area contributed by atoms with Crippen LogP contribution in [0.4, 0.5) is 0 Å². The Kier molecular flexibility index (Phi) is 4.75. The molecule has 0 fully saturated rings. The highest BCUT2D eigenvalue weighted by molar-refractivity contribution is 9.10. The molecule has 4 nitrogen and oxygen atoms in total. The standard InChI is InChI=1S/C16H14BrNO3/c1-10(11-6-4-5-9-14(11)17)18-15(19)12-7-2-3-8-13(12)16(20)21/h2-10H,1H3,(H,18,19)(H,20,21)/t10-/m1/s1. The van der Waals surface area contributed by atoms with Gasteiger partial charge in [0.25, 0.3) is 5.91 Å². The van der Waals surface area contributed by atoms with Crippen molar-refractivity contribution in [2.75, 3.05) is 0 Å². The molecule has 0 aliphatic rings. The summed E-state index contributed by atoms with van der Waals surface area (Å²) in [6.45, 7) is 1.85. The predicted octanol–water partition coefficient (Wildman–Crippen LogP) is 3.64. The van der Waals surface area contributed by atoms with Crippen LogP contribution in [0.5, 0.6) is 0 Å². The molecule has 1 amide bonds. The molecule has 0 saturated carbocycles. The summed E-state index contributed by atoms with van der Waals surface area (Å²) in [7, 11) is 0. The second-order valence-corrected chi connectivity index (χ2v) is 5.42. The van der Waals surface area contributed by atoms with Crippen molar-refractivity contribution in [1.82, 2.24) is 5.32 Å². The van der Waals surface area contributed by atoms with Crippen LogP contribution in [0.15, 0.2) is 53.0 Å². The van der Waals surface area contributed by atoms with Crippen LogP contribution in [0, 0.1) is 0 Å². The molecule has 1 atom stereocenters. The van der Waals surface area contributed by atoms with Crippen molar-refractivity contribution in [3.8, 4) is 0 Å². The van der Waals surface area contributed by atoms with Gasteiger partial charge in [-0.05, 0) is 30.7 Å². The fraction of sp³-hybridized carbons (Fsp3) is 0.125. The number of carbonyl (C=O) groups is 2. The lowest BCUT2D eigenvalue weighted by Crippen LogP contribution is -2.28. The first-order valence-corrected chi connectivity index (χ1v) is 7.17. The third-order valence-electron chi connectivity index (χ3n) is 3.12. The summed E-state index contributed by atoms with van der Waals surface area (Å²) < 4.78 is 0.893. The summed E-state index contributed by atoms with van der Waals surface area (Å²) in [6, 6.07) is 13.5. The van der Waals surface area contributed by atoms with Crippen molar-refractivity contribution in [3.05, 3.63) is 69.7 Å². The molecule has 2 N–H and O–H groups in total. The maximum absolute atomic E-state index is 12.3. The van der Waals surface area contributed by atoms with Gasteiger partial charge in [0, 0.05) is 4.47 Å². The van der Waals surface area contributed by atoms with Gasteiger partial charge in [0.15, 0.2) is 0 Å². The maximum atomic E-state index is 12.3. The van der Waals surface area contributed by atoms with E-state index >= 15 is 0 Å². The minimum Gasteiger partial charge on any atom is -0.478 e. The van der Waals surface area contributed by atoms with E-state index in [0.29, 0.717) is 0 Å². The molecule has 0 aliphatic heterocycles. The van der Waals surface area contributed by atoms with Crippen LogP contribution in [-0.4, -0.2) is 17.0 Å². The summed E-state index contributed by atoms with van der Waals surface area (Å²) >= 11 is 3.44. The molecular weight excluding hydrogens is 334 g/mol. The predicted molar refractivity (Wildman–Crippen MR) is 83.4 cm³/mol. The zero-order valence-corrected chi connectivity index (χ0v) is 12.9. The molecule has 2 rings (SSSR count). The molecule has 21 heavy (non-hydrogen) atoms. The van der Waals surface area contributed by atoms with Crippen LogP contribution < -0.4 is 5.32 Å². The van der Waals surface area contributed by atoms with E-state index < -0.39 is 11.9 Å². The minimum atomic E-state index is -1.12. The number of halogens is 1. The van der Waals surface area contributed by atoms with Crippen molar-refractivity contribution in [3.63, 3.8) is 0 Å². The highest BCUT2D eigenvalue weighted by Gasteiger charge is 2.18. The summed E-state index contributed by atoms with van der Waals surface area (Å²) in [5, 5.41) is 11.9. The van der Waals surface area contributed by atoms with Crippen LogP contribution in [0.3, 0.4) is 0 Å². The molecule has 0 bridgehead atoms. The lowest BCUT2D eigenvalue weighted by molar-refractivity contribution is 0.0690. The molecule has 0 heterocycles. The lowest BCUT2D eigenvalue weighted by atomic mass is 10.0. The Morgan fingerprint density at radius 3 is 2.24 bits per heavy atom. The number of amides is 1. The molecule has 0 spiro atoms. The Labute approximate surface area is 130 Å². The summed E-state index contributed by atoms with van der Waals surface area (Å²) in [5.41, 5.74) is 1.08. The van der Waals surface area contributed by atoms with Crippen molar-refractivity contribution >= 4 is 27.8 Å². The van der Waals surface area contributed by atoms with Crippen LogP contribution in [0.1, 0.15) is 39.2 Å². The second-order valence-electron chi connectivity index (χ2n) is 4.57. The Hall–Kier alpha value is -2.14. The molecule has 0 unspecified atom stereocenters. The first kappa shape index (κ1) is 15.3. The fourth-order valence-electron chi connectivity index (χ4n) is 2.05. The molecule has 0 aromatic heterocycles. The van der Waals surface area contributed by atoms with Gasteiger partial charge >= 0.3 is 5.97 Å². The highest BCUT2D eigenvalue weighted by atomic mass is 79.9. The average molecular weight is 348 g/mol. The van der Waals surface area contributed by atoms with Gasteiger partial charge < -0.3 is 10.4 Å². The second kappa shape index (κ2) is 6.54. The van der Waals surface area contributed by atoms with Gasteiger partial charge in [0.05, 0.1) is 17.2 Å². The number of carboxylic acids is 1. The molecule has 2 aromatic rings. The van der Waals surface area contributed by atoms with E-state index in [9.17, 15) is 9.59 Å². The Morgan fingerprint density at radius 2 is 1.62 bits per heavy atom. The maximum Gasteiger partial charge on any atom is 0.336 e. The molecule has 0 radical (unpaired) electrons. The van der Waals surface area contributed by atoms with E-state index in [1.165, 1.54) is 12.1 Å². The Balaban J connectivity index is 2.23. The highest BCUT2D eigenvalue weighted by Crippen LogP contribution is 2.23. The monoisotopic (exact) mass is 347 g/mol. The Morgan fingerprint density at radius 1 is 1.05 bits per heavy atom. The van der Waals surface area contributed by atoms with E-state index in [2.05, 4.69) is 21.2 Å². The van der Waals surface area contributed by atoms with Crippen molar-refractivity contribution in [2.24, 2.45) is 0 Å². The third-order valence-corrected chi connectivity index (χ3v) is 3.84. The van der Waals surface area contributed by atoms with Gasteiger partial charge in [0.2, 0.25) is 0 Å². The number of nitrogens with one attached hydrogen (secondary N) is 1. The zero-order chi connectivity index (χ0) is 15.4. The van der Waals surface area contributed by atoms with Gasteiger partial charge in [-0.25, -0.2) is 4.79 Å². The number of rotatable bonds is 4. The first-order chi connectivity index (χ1) is 10.0. The quantitative estimate of drug-likeness (QED) is 0.887. The largest absolute Gasteiger partial charge is 0.478 e. The summed E-state index contributed by atoms with van der Waals surface area (Å²) in [4.78, 5) is 23.4. The van der Waals surface area contributed by atoms with E-state index in [0.717, 1.165) is 10.0 Å². The Bertz CT molecular complexity index is 685. The molecule has 0 saturated heterocycles. The first-order valence-electron chi connectivity index (χ1n) is 6.38. The number of hydrogen-bond donors (Lipinski definition) is 2. The molecule has 0 aliphatic carbocycles. The van der Waals surface area contributed by atoms with Crippen molar-refractivity contribution < 1.29 is 14.7 Å². The van der Waals surface area contributed by atoms with E-state index in [1.807, 2.05) is 31.2 Å². The molecule has 5 heteroatoms. The minimum absolute atomic E-state index is 0.00525. The van der Waals surface area contributed by atoms with Crippen molar-refractivity contribution in [2.45, 2.75) is 13.0 Å². The number of benzene rings is 2. The van der Waals surface area contributed by atoms with Crippen LogP contribution >= 0.6 is 15.9 Å². The molecule has 2 aromatic carbocycles. The smallest absolute Gasteiger partial charge is 0.336 e. The molecular formula is C16H14BrNO3.